The van der Waals surface area contributed by atoms with Gasteiger partial charge in [0.25, 0.3) is 11.7 Å². The summed E-state index contributed by atoms with van der Waals surface area (Å²) in [5, 5.41) is 21.6. The first-order chi connectivity index (χ1) is 18.0. The van der Waals surface area contributed by atoms with Crippen LogP contribution in [0.4, 0.5) is 0 Å². The van der Waals surface area contributed by atoms with E-state index in [9.17, 15) is 19.8 Å². The van der Waals surface area contributed by atoms with Crippen molar-refractivity contribution in [3.8, 4) is 23.0 Å². The van der Waals surface area contributed by atoms with Crippen LogP contribution in [0.15, 0.2) is 72.3 Å². The van der Waals surface area contributed by atoms with Gasteiger partial charge in [0.2, 0.25) is 0 Å². The van der Waals surface area contributed by atoms with E-state index in [1.54, 1.807) is 37.3 Å². The van der Waals surface area contributed by atoms with E-state index in [0.717, 1.165) is 5.56 Å². The predicted molar refractivity (Wildman–Crippen MR) is 136 cm³/mol. The summed E-state index contributed by atoms with van der Waals surface area (Å²) in [6, 6.07) is 18.3. The van der Waals surface area contributed by atoms with Crippen molar-refractivity contribution >= 4 is 17.4 Å². The molecule has 0 unspecified atom stereocenters. The summed E-state index contributed by atoms with van der Waals surface area (Å²) >= 11 is 0. The zero-order chi connectivity index (χ0) is 25.9. The van der Waals surface area contributed by atoms with Crippen molar-refractivity contribution in [3.63, 3.8) is 0 Å². The monoisotopic (exact) mass is 501 g/mol. The normalized spacial score (nSPS) is 18.2. The van der Waals surface area contributed by atoms with Gasteiger partial charge < -0.3 is 29.3 Å². The molecule has 37 heavy (non-hydrogen) atoms. The van der Waals surface area contributed by atoms with Gasteiger partial charge in [-0.1, -0.05) is 36.4 Å². The fraction of sp³-hybridized carbons (Fsp3) is 0.241. The van der Waals surface area contributed by atoms with E-state index in [2.05, 4.69) is 0 Å². The van der Waals surface area contributed by atoms with Gasteiger partial charge in [-0.25, -0.2) is 0 Å². The number of likely N-dealkylation sites (tertiary alicyclic amines) is 1. The number of hydrogen-bond donors (Lipinski definition) is 2. The first kappa shape index (κ1) is 24.2. The Hall–Kier alpha value is -4.46. The van der Waals surface area contributed by atoms with Crippen molar-refractivity contribution in [1.82, 2.24) is 4.90 Å². The van der Waals surface area contributed by atoms with Crippen LogP contribution in [0.2, 0.25) is 0 Å². The molecule has 1 fully saturated rings. The number of amides is 1. The molecule has 0 aliphatic carbocycles. The Kier molecular flexibility index (Phi) is 6.72. The number of aliphatic hydroxyl groups is 1. The minimum atomic E-state index is -0.878. The van der Waals surface area contributed by atoms with Crippen LogP contribution >= 0.6 is 0 Å². The number of fused-ring (bicyclic) bond motifs is 1. The summed E-state index contributed by atoms with van der Waals surface area (Å²) < 4.78 is 16.7. The number of hydrogen-bond acceptors (Lipinski definition) is 7. The quantitative estimate of drug-likeness (QED) is 0.284. The minimum absolute atomic E-state index is 0.0390. The Morgan fingerprint density at radius 3 is 2.51 bits per heavy atom. The number of carbonyl (C=O) groups is 2. The summed E-state index contributed by atoms with van der Waals surface area (Å²) in [6.07, 6.45) is 0.519. The molecule has 0 bridgehead atoms. The number of phenolic OH excluding ortho intramolecular Hbond substituents is 1. The molecule has 2 heterocycles. The van der Waals surface area contributed by atoms with Crippen LogP contribution in [0.25, 0.3) is 5.76 Å². The van der Waals surface area contributed by atoms with Crippen molar-refractivity contribution in [2.45, 2.75) is 19.4 Å². The molecule has 1 saturated heterocycles. The fourth-order valence-electron chi connectivity index (χ4n) is 4.67. The number of phenols is 1. The molecule has 8 nitrogen and oxygen atoms in total. The molecule has 0 saturated carbocycles. The second-order valence-electron chi connectivity index (χ2n) is 8.75. The Bertz CT molecular complexity index is 1370. The average Bonchev–Trinajstić information content (AvgIpc) is 3.18. The van der Waals surface area contributed by atoms with Crippen molar-refractivity contribution in [2.75, 3.05) is 26.4 Å². The summed E-state index contributed by atoms with van der Waals surface area (Å²) in [6.45, 7) is 3.16. The molecule has 1 atom stereocenters. The second-order valence-corrected chi connectivity index (χ2v) is 8.75. The number of Topliss-reactive ketones (excluding diaryl/α,β-unsaturated/α-hetero) is 1. The SMILES string of the molecule is CCOc1cc([C@@H]2/C(=C(\O)c3ccc4c(c3)OCCO4)C(=O)C(=O)N2CCc2ccccc2)ccc1O. The van der Waals surface area contributed by atoms with Crippen LogP contribution in [-0.2, 0) is 16.0 Å². The lowest BCUT2D eigenvalue weighted by Gasteiger charge is -2.26. The summed E-state index contributed by atoms with van der Waals surface area (Å²) in [7, 11) is 0. The highest BCUT2D eigenvalue weighted by Crippen LogP contribution is 2.43. The highest BCUT2D eigenvalue weighted by molar-refractivity contribution is 6.46. The van der Waals surface area contributed by atoms with Gasteiger partial charge in [0.15, 0.2) is 23.0 Å². The number of aliphatic hydroxyl groups excluding tert-OH is 1. The molecular weight excluding hydrogens is 474 g/mol. The predicted octanol–water partition coefficient (Wildman–Crippen LogP) is 4.23. The number of ether oxygens (including phenoxy) is 3. The largest absolute Gasteiger partial charge is 0.507 e. The number of aromatic hydroxyl groups is 1. The number of benzene rings is 3. The smallest absolute Gasteiger partial charge is 0.295 e. The zero-order valence-electron chi connectivity index (χ0n) is 20.3. The van der Waals surface area contributed by atoms with E-state index in [1.165, 1.54) is 11.0 Å². The van der Waals surface area contributed by atoms with Gasteiger partial charge >= 0.3 is 0 Å². The van der Waals surface area contributed by atoms with E-state index >= 15 is 0 Å². The Balaban J connectivity index is 1.60. The highest BCUT2D eigenvalue weighted by Gasteiger charge is 2.46. The molecule has 8 heteroatoms. The van der Waals surface area contributed by atoms with Gasteiger partial charge in [-0.3, -0.25) is 9.59 Å². The molecule has 2 aliphatic rings. The Morgan fingerprint density at radius 1 is 1.00 bits per heavy atom. The summed E-state index contributed by atoms with van der Waals surface area (Å²) in [5.41, 5.74) is 1.84. The lowest BCUT2D eigenvalue weighted by molar-refractivity contribution is -0.139. The second kappa shape index (κ2) is 10.3. The maximum atomic E-state index is 13.3. The summed E-state index contributed by atoms with van der Waals surface area (Å²) in [5.74, 6) is -0.626. The molecule has 3 aromatic rings. The molecule has 1 amide bonds. The molecule has 0 aromatic heterocycles. The van der Waals surface area contributed by atoms with E-state index in [0.29, 0.717) is 48.9 Å². The molecule has 0 spiro atoms. The van der Waals surface area contributed by atoms with Gasteiger partial charge in [-0.05, 0) is 54.8 Å². The van der Waals surface area contributed by atoms with Crippen molar-refractivity contribution in [1.29, 1.82) is 0 Å². The zero-order valence-corrected chi connectivity index (χ0v) is 20.3. The van der Waals surface area contributed by atoms with Crippen LogP contribution in [0.1, 0.15) is 29.7 Å². The molecule has 190 valence electrons. The molecule has 3 aromatic carbocycles. The first-order valence-corrected chi connectivity index (χ1v) is 12.2. The van der Waals surface area contributed by atoms with Crippen LogP contribution < -0.4 is 14.2 Å². The molecular formula is C29H27NO7. The van der Waals surface area contributed by atoms with E-state index in [1.807, 2.05) is 30.3 Å². The van der Waals surface area contributed by atoms with Crippen LogP contribution in [-0.4, -0.2) is 53.2 Å². The maximum absolute atomic E-state index is 13.3. The van der Waals surface area contributed by atoms with Crippen molar-refractivity contribution in [2.24, 2.45) is 0 Å². The molecule has 2 aliphatic heterocycles. The number of carbonyl (C=O) groups excluding carboxylic acids is 2. The van der Waals surface area contributed by atoms with E-state index in [4.69, 9.17) is 14.2 Å². The summed E-state index contributed by atoms with van der Waals surface area (Å²) in [4.78, 5) is 28.1. The van der Waals surface area contributed by atoms with Gasteiger partial charge in [-0.2, -0.15) is 0 Å². The van der Waals surface area contributed by atoms with Crippen LogP contribution in [0.5, 0.6) is 23.0 Å². The molecule has 2 N–H and O–H groups in total. The lowest BCUT2D eigenvalue weighted by Crippen LogP contribution is -2.31. The van der Waals surface area contributed by atoms with Gasteiger partial charge in [0.05, 0.1) is 18.2 Å². The first-order valence-electron chi connectivity index (χ1n) is 12.2. The third-order valence-electron chi connectivity index (χ3n) is 6.44. The van der Waals surface area contributed by atoms with Gasteiger partial charge in [-0.15, -0.1) is 0 Å². The molecule has 5 rings (SSSR count). The van der Waals surface area contributed by atoms with Gasteiger partial charge in [0, 0.05) is 12.1 Å². The fourth-order valence-corrected chi connectivity index (χ4v) is 4.67. The Labute approximate surface area is 214 Å². The van der Waals surface area contributed by atoms with Crippen LogP contribution in [0.3, 0.4) is 0 Å². The average molecular weight is 502 g/mol. The highest BCUT2D eigenvalue weighted by atomic mass is 16.6. The lowest BCUT2D eigenvalue weighted by atomic mass is 9.94. The van der Waals surface area contributed by atoms with E-state index in [-0.39, 0.29) is 29.4 Å². The van der Waals surface area contributed by atoms with Crippen molar-refractivity contribution in [3.05, 3.63) is 89.0 Å². The number of ketones is 1. The molecule has 0 radical (unpaired) electrons. The minimum Gasteiger partial charge on any atom is -0.507 e. The van der Waals surface area contributed by atoms with Crippen LogP contribution in [0, 0.1) is 0 Å². The van der Waals surface area contributed by atoms with Crippen molar-refractivity contribution < 1.29 is 34.0 Å². The topological polar surface area (TPSA) is 106 Å². The van der Waals surface area contributed by atoms with E-state index < -0.39 is 17.7 Å². The maximum Gasteiger partial charge on any atom is 0.295 e. The third kappa shape index (κ3) is 4.70. The third-order valence-corrected chi connectivity index (χ3v) is 6.44. The van der Waals surface area contributed by atoms with Gasteiger partial charge in [0.1, 0.15) is 19.0 Å². The Morgan fingerprint density at radius 2 is 1.76 bits per heavy atom. The number of nitrogens with zero attached hydrogens (tertiary/aromatic N) is 1. The standard InChI is InChI=1S/C29H27NO7/c1-2-35-23-16-19(8-10-21(23)31)26-25(27(32)20-9-11-22-24(17-20)37-15-14-36-22)28(33)29(34)30(26)13-12-18-6-4-3-5-7-18/h3-11,16-17,26,31-32H,2,12-15H2,1H3/b27-25+/t26-/m1/s1. The number of rotatable bonds is 7.